The largest absolute Gasteiger partial charge is 0.459 e. The fourth-order valence-electron chi connectivity index (χ4n) is 3.82. The summed E-state index contributed by atoms with van der Waals surface area (Å²) in [6.45, 7) is -0.00843. The van der Waals surface area contributed by atoms with Gasteiger partial charge < -0.3 is 9.30 Å². The number of fused-ring (bicyclic) bond motifs is 3. The van der Waals surface area contributed by atoms with Crippen LogP contribution in [-0.2, 0) is 22.7 Å². The smallest absolute Gasteiger partial charge is 0.326 e. The Kier molecular flexibility index (Phi) is 4.88. The maximum absolute atomic E-state index is 12.8. The molecule has 2 aromatic heterocycles. The van der Waals surface area contributed by atoms with Gasteiger partial charge in [0.15, 0.2) is 5.43 Å². The Bertz CT molecular complexity index is 1460. The van der Waals surface area contributed by atoms with Crippen molar-refractivity contribution in [1.82, 2.24) is 9.55 Å². The summed E-state index contributed by atoms with van der Waals surface area (Å²) < 4.78 is 7.34. The van der Waals surface area contributed by atoms with Crippen LogP contribution in [0.4, 0.5) is 0 Å². The van der Waals surface area contributed by atoms with Gasteiger partial charge in [0.2, 0.25) is 0 Å². The van der Waals surface area contributed by atoms with Gasteiger partial charge in [-0.15, -0.1) is 0 Å². The highest BCUT2D eigenvalue weighted by Crippen LogP contribution is 2.22. The Hall–Kier alpha value is -3.70. The van der Waals surface area contributed by atoms with E-state index in [4.69, 9.17) is 16.3 Å². The molecule has 0 unspecified atom stereocenters. The number of nitrogens with zero attached hydrogens (tertiary/aromatic N) is 2. The average molecular weight is 429 g/mol. The van der Waals surface area contributed by atoms with E-state index in [2.05, 4.69) is 4.98 Å². The molecule has 0 aliphatic rings. The summed E-state index contributed by atoms with van der Waals surface area (Å²) >= 11 is 6.28. The molecule has 0 aliphatic heterocycles. The number of hydrogen-bond acceptors (Lipinski definition) is 4. The molecule has 5 aromatic rings. The first-order valence-corrected chi connectivity index (χ1v) is 10.2. The van der Waals surface area contributed by atoms with Gasteiger partial charge in [-0.25, -0.2) is 4.98 Å². The molecule has 0 aliphatic carbocycles. The summed E-state index contributed by atoms with van der Waals surface area (Å²) in [5.41, 5.74) is 2.75. The number of carbonyl (C=O) groups is 1. The third-order valence-electron chi connectivity index (χ3n) is 5.30. The van der Waals surface area contributed by atoms with Crippen LogP contribution < -0.4 is 5.43 Å². The van der Waals surface area contributed by atoms with Crippen LogP contribution in [0.5, 0.6) is 0 Å². The normalized spacial score (nSPS) is 11.3. The molecule has 0 N–H and O–H groups in total. The first-order valence-electron chi connectivity index (χ1n) is 9.82. The molecule has 3 aromatic carbocycles. The van der Waals surface area contributed by atoms with Crippen LogP contribution in [0.3, 0.4) is 0 Å². The van der Waals surface area contributed by atoms with Gasteiger partial charge in [0.05, 0.1) is 16.6 Å². The second-order valence-electron chi connectivity index (χ2n) is 7.24. The molecule has 0 saturated heterocycles. The summed E-state index contributed by atoms with van der Waals surface area (Å²) in [6.07, 6.45) is 0. The molecule has 0 fully saturated rings. The minimum absolute atomic E-state index is 0.0194. The van der Waals surface area contributed by atoms with Crippen molar-refractivity contribution in [3.05, 3.63) is 99.8 Å². The number of carbonyl (C=O) groups excluding carboxylic acids is 1. The number of ether oxygens (including phenoxy) is 1. The van der Waals surface area contributed by atoms with Crippen molar-refractivity contribution in [3.63, 3.8) is 0 Å². The lowest BCUT2D eigenvalue weighted by molar-refractivity contribution is -0.145. The number of halogens is 1. The fourth-order valence-corrected chi connectivity index (χ4v) is 4.02. The third kappa shape index (κ3) is 3.53. The van der Waals surface area contributed by atoms with E-state index >= 15 is 0 Å². The minimum atomic E-state index is -0.428. The van der Waals surface area contributed by atoms with Gasteiger partial charge in [-0.05, 0) is 36.4 Å². The second kappa shape index (κ2) is 7.85. The molecule has 0 spiro atoms. The molecule has 6 heteroatoms. The summed E-state index contributed by atoms with van der Waals surface area (Å²) in [4.78, 5) is 29.9. The van der Waals surface area contributed by atoms with Crippen molar-refractivity contribution in [3.8, 4) is 0 Å². The predicted octanol–water partition coefficient (Wildman–Crippen LogP) is 5.10. The van der Waals surface area contributed by atoms with Crippen LogP contribution in [0.15, 0.2) is 83.7 Å². The molecule has 31 heavy (non-hydrogen) atoms. The zero-order valence-electron chi connectivity index (χ0n) is 16.4. The van der Waals surface area contributed by atoms with Gasteiger partial charge in [-0.3, -0.25) is 9.59 Å². The van der Waals surface area contributed by atoms with Crippen molar-refractivity contribution in [1.29, 1.82) is 0 Å². The van der Waals surface area contributed by atoms with Crippen molar-refractivity contribution >= 4 is 50.3 Å². The lowest BCUT2D eigenvalue weighted by Crippen LogP contribution is -2.18. The van der Waals surface area contributed by atoms with E-state index in [0.29, 0.717) is 32.5 Å². The molecule has 5 rings (SSSR count). The molecule has 5 nitrogen and oxygen atoms in total. The van der Waals surface area contributed by atoms with Gasteiger partial charge in [0.1, 0.15) is 18.3 Å². The van der Waals surface area contributed by atoms with Crippen molar-refractivity contribution < 1.29 is 9.53 Å². The zero-order chi connectivity index (χ0) is 21.4. The number of para-hydroxylation sites is 3. The summed E-state index contributed by atoms with van der Waals surface area (Å²) in [6, 6.07) is 24.0. The number of esters is 1. The molecule has 0 radical (unpaired) electrons. The summed E-state index contributed by atoms with van der Waals surface area (Å²) in [7, 11) is 0. The van der Waals surface area contributed by atoms with E-state index < -0.39 is 5.97 Å². The molecular formula is C25H17ClN2O3. The molecule has 0 saturated carbocycles. The van der Waals surface area contributed by atoms with Crippen molar-refractivity contribution in [2.24, 2.45) is 0 Å². The maximum atomic E-state index is 12.8. The molecule has 0 amide bonds. The van der Waals surface area contributed by atoms with E-state index in [0.717, 1.165) is 10.9 Å². The quantitative estimate of drug-likeness (QED) is 0.227. The monoisotopic (exact) mass is 428 g/mol. The Morgan fingerprint density at radius 1 is 0.903 bits per heavy atom. The number of benzene rings is 3. The predicted molar refractivity (Wildman–Crippen MR) is 122 cm³/mol. The minimum Gasteiger partial charge on any atom is -0.459 e. The molecule has 0 atom stereocenters. The fraction of sp³-hybridized carbons (Fsp3) is 0.0800. The highest BCUT2D eigenvalue weighted by atomic mass is 35.5. The van der Waals surface area contributed by atoms with Crippen LogP contribution in [0.2, 0.25) is 5.15 Å². The van der Waals surface area contributed by atoms with Crippen LogP contribution in [0, 0.1) is 0 Å². The first kappa shape index (κ1) is 19.3. The van der Waals surface area contributed by atoms with Gasteiger partial charge in [0, 0.05) is 21.7 Å². The van der Waals surface area contributed by atoms with Gasteiger partial charge in [0.25, 0.3) is 0 Å². The topological polar surface area (TPSA) is 61.2 Å². The Balaban J connectivity index is 1.46. The average Bonchev–Trinajstić information content (AvgIpc) is 2.80. The molecule has 2 heterocycles. The number of aromatic nitrogens is 2. The van der Waals surface area contributed by atoms with Crippen LogP contribution in [0.1, 0.15) is 5.56 Å². The number of hydrogen-bond donors (Lipinski definition) is 0. The van der Waals surface area contributed by atoms with E-state index in [1.807, 2.05) is 71.3 Å². The summed E-state index contributed by atoms with van der Waals surface area (Å²) in [5.74, 6) is -0.428. The number of rotatable bonds is 4. The van der Waals surface area contributed by atoms with Gasteiger partial charge in [-0.1, -0.05) is 54.1 Å². The standard InChI is InChI=1S/C25H17ClN2O3/c26-25-17(13-16-7-1-4-10-20(16)27-25)15-31-23(29)14-28-21-11-5-2-8-18(21)24(30)19-9-3-6-12-22(19)28/h1-13H,14-15H2. The zero-order valence-corrected chi connectivity index (χ0v) is 17.2. The summed E-state index contributed by atoms with van der Waals surface area (Å²) in [5, 5.41) is 2.37. The molecule has 0 bridgehead atoms. The van der Waals surface area contributed by atoms with E-state index in [1.165, 1.54) is 0 Å². The van der Waals surface area contributed by atoms with Crippen LogP contribution >= 0.6 is 11.6 Å². The highest BCUT2D eigenvalue weighted by Gasteiger charge is 2.14. The molecular weight excluding hydrogens is 412 g/mol. The number of pyridine rings is 2. The second-order valence-corrected chi connectivity index (χ2v) is 7.60. The Labute approximate surface area is 182 Å². The van der Waals surface area contributed by atoms with E-state index in [-0.39, 0.29) is 18.6 Å². The maximum Gasteiger partial charge on any atom is 0.326 e. The van der Waals surface area contributed by atoms with Gasteiger partial charge >= 0.3 is 5.97 Å². The van der Waals surface area contributed by atoms with Crippen molar-refractivity contribution in [2.75, 3.05) is 0 Å². The van der Waals surface area contributed by atoms with Gasteiger partial charge in [-0.2, -0.15) is 0 Å². The third-order valence-corrected chi connectivity index (χ3v) is 5.63. The lowest BCUT2D eigenvalue weighted by atomic mass is 10.1. The Morgan fingerprint density at radius 2 is 1.52 bits per heavy atom. The van der Waals surface area contributed by atoms with E-state index in [9.17, 15) is 9.59 Å². The Morgan fingerprint density at radius 3 is 2.23 bits per heavy atom. The van der Waals surface area contributed by atoms with E-state index in [1.54, 1.807) is 12.1 Å². The van der Waals surface area contributed by atoms with Crippen LogP contribution in [0.25, 0.3) is 32.7 Å². The highest BCUT2D eigenvalue weighted by molar-refractivity contribution is 6.30. The SMILES string of the molecule is O=C(Cn1c2ccccc2c(=O)c2ccccc21)OCc1cc2ccccc2nc1Cl. The first-order chi connectivity index (χ1) is 15.1. The van der Waals surface area contributed by atoms with Crippen LogP contribution in [-0.4, -0.2) is 15.5 Å². The molecule has 152 valence electrons. The lowest BCUT2D eigenvalue weighted by Gasteiger charge is -2.15. The van der Waals surface area contributed by atoms with Crippen molar-refractivity contribution in [2.45, 2.75) is 13.2 Å².